The molecule has 4 nitrogen and oxygen atoms in total. The minimum absolute atomic E-state index is 0.142. The number of carbonyl (C=O) groups excluding carboxylic acids is 1. The first kappa shape index (κ1) is 16.3. The molecule has 0 aliphatic carbocycles. The van der Waals surface area contributed by atoms with Crippen LogP contribution in [0.5, 0.6) is 11.5 Å². The summed E-state index contributed by atoms with van der Waals surface area (Å²) in [5.74, 6) is 0.748. The van der Waals surface area contributed by atoms with Crippen LogP contribution in [0.3, 0.4) is 0 Å². The third-order valence-electron chi connectivity index (χ3n) is 4.08. The zero-order valence-corrected chi connectivity index (χ0v) is 14.2. The summed E-state index contributed by atoms with van der Waals surface area (Å²) in [4.78, 5) is 14.5. The Bertz CT molecular complexity index is 804. The molecule has 0 spiro atoms. The number of Topliss-reactive ketones (excluding diaryl/α,β-unsaturated/α-hetero) is 1. The normalized spacial score (nSPS) is 15.0. The molecular formula is C20H21NO3. The molecule has 124 valence electrons. The summed E-state index contributed by atoms with van der Waals surface area (Å²) in [5, 5.41) is 10.1. The van der Waals surface area contributed by atoms with Crippen molar-refractivity contribution in [2.75, 3.05) is 14.1 Å². The van der Waals surface area contributed by atoms with Crippen LogP contribution in [-0.4, -0.2) is 29.9 Å². The van der Waals surface area contributed by atoms with Crippen LogP contribution in [0.1, 0.15) is 34.0 Å². The number of nitrogens with zero attached hydrogens (tertiary/aromatic N) is 1. The van der Waals surface area contributed by atoms with Gasteiger partial charge in [0.1, 0.15) is 11.5 Å². The average Bonchev–Trinajstić information content (AvgIpc) is 2.87. The minimum atomic E-state index is -0.149. The van der Waals surface area contributed by atoms with Gasteiger partial charge in [0.2, 0.25) is 5.78 Å². The van der Waals surface area contributed by atoms with E-state index in [-0.39, 0.29) is 11.5 Å². The van der Waals surface area contributed by atoms with Gasteiger partial charge in [0.15, 0.2) is 5.76 Å². The first-order valence-electron chi connectivity index (χ1n) is 8.02. The molecule has 0 amide bonds. The SMILES string of the molecule is CCc1ccc(/C=C2/Oc3c(ccc(O)c3CN(C)C)C2=O)cc1. The number of fused-ring (bicyclic) bond motifs is 1. The molecule has 0 radical (unpaired) electrons. The molecule has 0 saturated heterocycles. The van der Waals surface area contributed by atoms with Crippen LogP contribution >= 0.6 is 0 Å². The number of aryl methyl sites for hydroxylation is 1. The predicted molar refractivity (Wildman–Crippen MR) is 94.3 cm³/mol. The number of aromatic hydroxyl groups is 1. The van der Waals surface area contributed by atoms with E-state index in [2.05, 4.69) is 6.92 Å². The Labute approximate surface area is 142 Å². The van der Waals surface area contributed by atoms with Crippen molar-refractivity contribution in [1.82, 2.24) is 4.90 Å². The molecule has 1 heterocycles. The lowest BCUT2D eigenvalue weighted by molar-refractivity contribution is 0.101. The number of phenolic OH excluding ortho intramolecular Hbond substituents is 1. The second-order valence-corrected chi connectivity index (χ2v) is 6.21. The van der Waals surface area contributed by atoms with Crippen LogP contribution in [0.25, 0.3) is 6.08 Å². The Morgan fingerprint density at radius 1 is 1.12 bits per heavy atom. The second-order valence-electron chi connectivity index (χ2n) is 6.21. The summed E-state index contributed by atoms with van der Waals surface area (Å²) in [6.07, 6.45) is 2.73. The van der Waals surface area contributed by atoms with Crippen LogP contribution in [0.4, 0.5) is 0 Å². The molecule has 0 fully saturated rings. The van der Waals surface area contributed by atoms with E-state index in [1.165, 1.54) is 5.56 Å². The Kier molecular flexibility index (Phi) is 4.40. The van der Waals surface area contributed by atoms with Gasteiger partial charge in [0.25, 0.3) is 0 Å². The second kappa shape index (κ2) is 6.49. The fraction of sp³-hybridized carbons (Fsp3) is 0.250. The molecular weight excluding hydrogens is 302 g/mol. The highest BCUT2D eigenvalue weighted by Gasteiger charge is 2.31. The van der Waals surface area contributed by atoms with Gasteiger partial charge in [-0.3, -0.25) is 4.79 Å². The van der Waals surface area contributed by atoms with Gasteiger partial charge in [-0.25, -0.2) is 0 Å². The van der Waals surface area contributed by atoms with Crippen LogP contribution in [0.2, 0.25) is 0 Å². The molecule has 1 aliphatic heterocycles. The number of benzene rings is 2. The van der Waals surface area contributed by atoms with Crippen molar-refractivity contribution in [2.24, 2.45) is 0 Å². The predicted octanol–water partition coefficient (Wildman–Crippen LogP) is 3.63. The number of allylic oxidation sites excluding steroid dienone is 1. The lowest BCUT2D eigenvalue weighted by Gasteiger charge is -2.13. The van der Waals surface area contributed by atoms with Crippen molar-refractivity contribution < 1.29 is 14.6 Å². The van der Waals surface area contributed by atoms with Crippen molar-refractivity contribution in [1.29, 1.82) is 0 Å². The van der Waals surface area contributed by atoms with Gasteiger partial charge in [0.05, 0.1) is 11.1 Å². The number of carbonyl (C=O) groups is 1. The van der Waals surface area contributed by atoms with E-state index in [0.29, 0.717) is 29.2 Å². The molecule has 1 N–H and O–H groups in total. The van der Waals surface area contributed by atoms with E-state index >= 15 is 0 Å². The standard InChI is InChI=1S/C20H21NO3/c1-4-13-5-7-14(8-6-13)11-18-19(23)15-9-10-17(22)16(12-21(2)3)20(15)24-18/h5-11,22H,4,12H2,1-3H3/b18-11+. The lowest BCUT2D eigenvalue weighted by Crippen LogP contribution is -2.11. The minimum Gasteiger partial charge on any atom is -0.507 e. The summed E-state index contributed by atoms with van der Waals surface area (Å²) < 4.78 is 5.82. The molecule has 24 heavy (non-hydrogen) atoms. The first-order valence-corrected chi connectivity index (χ1v) is 8.02. The van der Waals surface area contributed by atoms with Crippen LogP contribution in [0, 0.1) is 0 Å². The fourth-order valence-electron chi connectivity index (χ4n) is 2.77. The van der Waals surface area contributed by atoms with Crippen molar-refractivity contribution in [2.45, 2.75) is 19.9 Å². The lowest BCUT2D eigenvalue weighted by atomic mass is 10.0. The molecule has 2 aromatic carbocycles. The fourth-order valence-corrected chi connectivity index (χ4v) is 2.77. The van der Waals surface area contributed by atoms with Crippen molar-refractivity contribution in [3.63, 3.8) is 0 Å². The topological polar surface area (TPSA) is 49.8 Å². The van der Waals surface area contributed by atoms with E-state index in [0.717, 1.165) is 12.0 Å². The highest BCUT2D eigenvalue weighted by Crippen LogP contribution is 2.39. The van der Waals surface area contributed by atoms with Crippen molar-refractivity contribution in [3.05, 3.63) is 64.4 Å². The number of ether oxygens (including phenoxy) is 1. The third kappa shape index (κ3) is 3.05. The number of hydrogen-bond acceptors (Lipinski definition) is 4. The molecule has 2 aromatic rings. The van der Waals surface area contributed by atoms with Gasteiger partial charge in [-0.2, -0.15) is 0 Å². The van der Waals surface area contributed by atoms with Crippen LogP contribution < -0.4 is 4.74 Å². The van der Waals surface area contributed by atoms with Gasteiger partial charge in [-0.05, 0) is 49.9 Å². The Balaban J connectivity index is 1.96. The molecule has 0 bridgehead atoms. The van der Waals surface area contributed by atoms with E-state index in [1.807, 2.05) is 43.3 Å². The van der Waals surface area contributed by atoms with Gasteiger partial charge < -0.3 is 14.7 Å². The quantitative estimate of drug-likeness (QED) is 0.873. The van der Waals surface area contributed by atoms with Crippen LogP contribution in [0.15, 0.2) is 42.2 Å². The maximum Gasteiger partial charge on any atom is 0.231 e. The van der Waals surface area contributed by atoms with Gasteiger partial charge in [0, 0.05) is 6.54 Å². The van der Waals surface area contributed by atoms with Crippen molar-refractivity contribution >= 4 is 11.9 Å². The maximum atomic E-state index is 12.6. The molecule has 0 unspecified atom stereocenters. The summed E-state index contributed by atoms with van der Waals surface area (Å²) in [6, 6.07) is 11.2. The largest absolute Gasteiger partial charge is 0.507 e. The first-order chi connectivity index (χ1) is 11.5. The summed E-state index contributed by atoms with van der Waals surface area (Å²) in [6.45, 7) is 2.60. The number of ketones is 1. The van der Waals surface area contributed by atoms with Crippen LogP contribution in [-0.2, 0) is 13.0 Å². The summed E-state index contributed by atoms with van der Waals surface area (Å²) in [5.41, 5.74) is 3.30. The number of rotatable bonds is 4. The average molecular weight is 323 g/mol. The summed E-state index contributed by atoms with van der Waals surface area (Å²) in [7, 11) is 3.81. The zero-order valence-electron chi connectivity index (χ0n) is 14.2. The Hall–Kier alpha value is -2.59. The highest BCUT2D eigenvalue weighted by atomic mass is 16.5. The molecule has 3 rings (SSSR count). The zero-order chi connectivity index (χ0) is 17.3. The van der Waals surface area contributed by atoms with E-state index in [9.17, 15) is 9.90 Å². The van der Waals surface area contributed by atoms with Gasteiger partial charge in [-0.15, -0.1) is 0 Å². The molecule has 0 atom stereocenters. The van der Waals surface area contributed by atoms with E-state index < -0.39 is 0 Å². The van der Waals surface area contributed by atoms with Crippen molar-refractivity contribution in [3.8, 4) is 11.5 Å². The van der Waals surface area contributed by atoms with E-state index in [4.69, 9.17) is 4.74 Å². The van der Waals surface area contributed by atoms with Gasteiger partial charge in [-0.1, -0.05) is 31.2 Å². The number of hydrogen-bond donors (Lipinski definition) is 1. The van der Waals surface area contributed by atoms with Gasteiger partial charge >= 0.3 is 0 Å². The number of phenols is 1. The Morgan fingerprint density at radius 3 is 2.46 bits per heavy atom. The summed E-state index contributed by atoms with van der Waals surface area (Å²) >= 11 is 0. The molecule has 4 heteroatoms. The molecule has 0 aromatic heterocycles. The van der Waals surface area contributed by atoms with E-state index in [1.54, 1.807) is 18.2 Å². The maximum absolute atomic E-state index is 12.6. The molecule has 1 aliphatic rings. The molecule has 0 saturated carbocycles. The smallest absolute Gasteiger partial charge is 0.231 e. The third-order valence-corrected chi connectivity index (χ3v) is 4.08. The highest BCUT2D eigenvalue weighted by molar-refractivity contribution is 6.15. The monoisotopic (exact) mass is 323 g/mol. The Morgan fingerprint density at radius 2 is 1.83 bits per heavy atom.